The van der Waals surface area contributed by atoms with Crippen LogP contribution in [-0.2, 0) is 0 Å². The third-order valence-corrected chi connectivity index (χ3v) is 4.01. The Hall–Kier alpha value is -2.84. The van der Waals surface area contributed by atoms with Crippen molar-refractivity contribution in [3.05, 3.63) is 66.2 Å². The predicted octanol–water partition coefficient (Wildman–Crippen LogP) is 3.75. The van der Waals surface area contributed by atoms with Gasteiger partial charge in [0.05, 0.1) is 5.69 Å². The minimum Gasteiger partial charge on any atom is -0.368 e. The number of benzene rings is 2. The molecule has 0 aliphatic rings. The van der Waals surface area contributed by atoms with E-state index in [-0.39, 0.29) is 5.95 Å². The summed E-state index contributed by atoms with van der Waals surface area (Å²) in [5, 5.41) is 10.1. The second kappa shape index (κ2) is 6.29. The Morgan fingerprint density at radius 2 is 1.55 bits per heavy atom. The van der Waals surface area contributed by atoms with E-state index in [1.54, 1.807) is 0 Å². The molecule has 5 heteroatoms. The van der Waals surface area contributed by atoms with Crippen LogP contribution in [0, 0.1) is 11.3 Å². The summed E-state index contributed by atoms with van der Waals surface area (Å²) in [6.45, 7) is 0. The molecule has 0 saturated heterocycles. The molecule has 0 fully saturated rings. The zero-order valence-corrected chi connectivity index (χ0v) is 12.4. The maximum atomic E-state index is 9.55. The molecule has 0 atom stereocenters. The van der Waals surface area contributed by atoms with Gasteiger partial charge in [-0.3, -0.25) is 0 Å². The van der Waals surface area contributed by atoms with E-state index in [2.05, 4.69) is 16.0 Å². The Morgan fingerprint density at radius 3 is 2.18 bits per heavy atom. The monoisotopic (exact) mass is 304 g/mol. The fourth-order valence-corrected chi connectivity index (χ4v) is 2.94. The summed E-state index contributed by atoms with van der Waals surface area (Å²) in [6.07, 6.45) is 0. The highest BCUT2D eigenvalue weighted by atomic mass is 32.2. The van der Waals surface area contributed by atoms with Crippen molar-refractivity contribution in [2.75, 3.05) is 5.73 Å². The van der Waals surface area contributed by atoms with Gasteiger partial charge < -0.3 is 5.73 Å². The van der Waals surface area contributed by atoms with Gasteiger partial charge in [0, 0.05) is 10.5 Å². The molecule has 1 heterocycles. The molecule has 0 spiro atoms. The van der Waals surface area contributed by atoms with Crippen molar-refractivity contribution in [1.82, 2.24) is 9.97 Å². The van der Waals surface area contributed by atoms with E-state index < -0.39 is 0 Å². The Balaban J connectivity index is 2.12. The van der Waals surface area contributed by atoms with Crippen LogP contribution in [0.5, 0.6) is 0 Å². The van der Waals surface area contributed by atoms with Gasteiger partial charge >= 0.3 is 0 Å². The topological polar surface area (TPSA) is 75.6 Å². The average molecular weight is 304 g/mol. The largest absolute Gasteiger partial charge is 0.368 e. The van der Waals surface area contributed by atoms with E-state index in [1.165, 1.54) is 11.8 Å². The van der Waals surface area contributed by atoms with Gasteiger partial charge in [-0.25, -0.2) is 9.97 Å². The maximum absolute atomic E-state index is 9.55. The molecule has 0 bridgehead atoms. The first kappa shape index (κ1) is 14.1. The summed E-state index contributed by atoms with van der Waals surface area (Å²) in [4.78, 5) is 9.48. The fraction of sp³-hybridized carbons (Fsp3) is 0. The molecule has 0 radical (unpaired) electrons. The highest BCUT2D eigenvalue weighted by Crippen LogP contribution is 2.33. The second-order valence-electron chi connectivity index (χ2n) is 4.50. The van der Waals surface area contributed by atoms with Crippen LogP contribution in [0.2, 0.25) is 0 Å². The van der Waals surface area contributed by atoms with Crippen molar-refractivity contribution in [2.24, 2.45) is 0 Å². The van der Waals surface area contributed by atoms with Crippen molar-refractivity contribution in [1.29, 1.82) is 5.26 Å². The zero-order valence-electron chi connectivity index (χ0n) is 11.6. The Bertz CT molecular complexity index is 827. The van der Waals surface area contributed by atoms with E-state index in [0.717, 1.165) is 10.5 Å². The van der Waals surface area contributed by atoms with Gasteiger partial charge in [0.15, 0.2) is 0 Å². The number of rotatable bonds is 3. The van der Waals surface area contributed by atoms with Crippen molar-refractivity contribution >= 4 is 17.7 Å². The zero-order chi connectivity index (χ0) is 15.4. The number of anilines is 1. The first-order chi connectivity index (χ1) is 10.8. The van der Waals surface area contributed by atoms with Crippen molar-refractivity contribution in [2.45, 2.75) is 9.92 Å². The fourth-order valence-electron chi connectivity index (χ4n) is 2.04. The van der Waals surface area contributed by atoms with E-state index >= 15 is 0 Å². The molecular formula is C17H12N4S. The Labute approximate surface area is 132 Å². The van der Waals surface area contributed by atoms with E-state index in [0.29, 0.717) is 16.3 Å². The third-order valence-electron chi connectivity index (χ3n) is 3.01. The van der Waals surface area contributed by atoms with Crippen molar-refractivity contribution in [3.63, 3.8) is 0 Å². The van der Waals surface area contributed by atoms with Crippen LogP contribution in [0.1, 0.15) is 5.56 Å². The quantitative estimate of drug-likeness (QED) is 0.746. The number of nitrogens with two attached hydrogens (primary N) is 1. The molecule has 0 aliphatic heterocycles. The van der Waals surface area contributed by atoms with Crippen LogP contribution in [0.15, 0.2) is 70.6 Å². The van der Waals surface area contributed by atoms with E-state index in [9.17, 15) is 5.26 Å². The standard InChI is InChI=1S/C17H12N4S/c18-11-14-15(12-7-3-1-4-8-12)20-17(19)21-16(14)22-13-9-5-2-6-10-13/h1-10H,(H2,19,20,21). The maximum Gasteiger partial charge on any atom is 0.221 e. The Morgan fingerprint density at radius 1 is 0.909 bits per heavy atom. The number of hydrogen-bond donors (Lipinski definition) is 1. The van der Waals surface area contributed by atoms with Gasteiger partial charge in [-0.2, -0.15) is 5.26 Å². The van der Waals surface area contributed by atoms with Gasteiger partial charge in [0.25, 0.3) is 0 Å². The lowest BCUT2D eigenvalue weighted by molar-refractivity contribution is 1.05. The highest BCUT2D eigenvalue weighted by Gasteiger charge is 2.15. The third kappa shape index (κ3) is 2.92. The SMILES string of the molecule is N#Cc1c(Sc2ccccc2)nc(N)nc1-c1ccccc1. The molecule has 2 aromatic carbocycles. The number of aromatic nitrogens is 2. The van der Waals surface area contributed by atoms with Crippen LogP contribution in [0.4, 0.5) is 5.95 Å². The molecule has 3 aromatic rings. The minimum atomic E-state index is 0.163. The summed E-state index contributed by atoms with van der Waals surface area (Å²) in [7, 11) is 0. The Kier molecular flexibility index (Phi) is 4.03. The summed E-state index contributed by atoms with van der Waals surface area (Å²) < 4.78 is 0. The smallest absolute Gasteiger partial charge is 0.221 e. The molecule has 2 N–H and O–H groups in total. The summed E-state index contributed by atoms with van der Waals surface area (Å²) in [5.41, 5.74) is 7.68. The molecule has 0 saturated carbocycles. The van der Waals surface area contributed by atoms with Crippen molar-refractivity contribution in [3.8, 4) is 17.3 Å². The van der Waals surface area contributed by atoms with Crippen LogP contribution in [0.25, 0.3) is 11.3 Å². The molecule has 3 rings (SSSR count). The first-order valence-electron chi connectivity index (χ1n) is 6.64. The van der Waals surface area contributed by atoms with Gasteiger partial charge in [-0.05, 0) is 12.1 Å². The van der Waals surface area contributed by atoms with Crippen LogP contribution >= 0.6 is 11.8 Å². The average Bonchev–Trinajstić information content (AvgIpc) is 2.56. The lowest BCUT2D eigenvalue weighted by atomic mass is 10.1. The molecule has 22 heavy (non-hydrogen) atoms. The molecule has 0 unspecified atom stereocenters. The molecule has 4 nitrogen and oxygen atoms in total. The first-order valence-corrected chi connectivity index (χ1v) is 7.45. The molecule has 1 aromatic heterocycles. The van der Waals surface area contributed by atoms with Gasteiger partial charge in [-0.15, -0.1) is 0 Å². The lowest BCUT2D eigenvalue weighted by Gasteiger charge is -2.09. The number of nitrogen functional groups attached to an aromatic ring is 1. The number of nitriles is 1. The summed E-state index contributed by atoms with van der Waals surface area (Å²) in [6, 6.07) is 21.5. The van der Waals surface area contributed by atoms with E-state index in [1.807, 2.05) is 60.7 Å². The van der Waals surface area contributed by atoms with Crippen LogP contribution < -0.4 is 5.73 Å². The van der Waals surface area contributed by atoms with Gasteiger partial charge in [0.1, 0.15) is 16.7 Å². The molecule has 106 valence electrons. The number of nitrogens with zero attached hydrogens (tertiary/aromatic N) is 3. The lowest BCUT2D eigenvalue weighted by Crippen LogP contribution is -2.02. The van der Waals surface area contributed by atoms with Crippen molar-refractivity contribution < 1.29 is 0 Å². The minimum absolute atomic E-state index is 0.163. The van der Waals surface area contributed by atoms with Crippen LogP contribution in [0.3, 0.4) is 0 Å². The summed E-state index contributed by atoms with van der Waals surface area (Å²) >= 11 is 1.41. The second-order valence-corrected chi connectivity index (χ2v) is 5.57. The molecule has 0 aliphatic carbocycles. The normalized spacial score (nSPS) is 10.1. The van der Waals surface area contributed by atoms with E-state index in [4.69, 9.17) is 5.73 Å². The molecular weight excluding hydrogens is 292 g/mol. The highest BCUT2D eigenvalue weighted by molar-refractivity contribution is 7.99. The predicted molar refractivity (Wildman–Crippen MR) is 87.2 cm³/mol. The van der Waals surface area contributed by atoms with Gasteiger partial charge in [-0.1, -0.05) is 60.3 Å². The number of hydrogen-bond acceptors (Lipinski definition) is 5. The molecule has 0 amide bonds. The summed E-state index contributed by atoms with van der Waals surface area (Å²) in [5.74, 6) is 0.163. The van der Waals surface area contributed by atoms with Gasteiger partial charge in [0.2, 0.25) is 5.95 Å². The van der Waals surface area contributed by atoms with Crippen LogP contribution in [-0.4, -0.2) is 9.97 Å².